The number of methoxy groups -OCH3 is 1. The molecule has 0 bridgehead atoms. The summed E-state index contributed by atoms with van der Waals surface area (Å²) in [6, 6.07) is 12.5. The zero-order valence-corrected chi connectivity index (χ0v) is 19.9. The lowest BCUT2D eigenvalue weighted by atomic mass is 10.0. The van der Waals surface area contributed by atoms with Gasteiger partial charge in [-0.15, -0.1) is 0 Å². The quantitative estimate of drug-likeness (QED) is 0.508. The summed E-state index contributed by atoms with van der Waals surface area (Å²) in [4.78, 5) is 27.1. The predicted molar refractivity (Wildman–Crippen MR) is 128 cm³/mol. The minimum Gasteiger partial charge on any atom is -0.493 e. The molecule has 0 spiro atoms. The fraction of sp³-hybridized carbons (Fsp3) is 0.462. The van der Waals surface area contributed by atoms with Gasteiger partial charge in [0.15, 0.2) is 11.5 Å². The zero-order chi connectivity index (χ0) is 24.1. The molecule has 0 aromatic heterocycles. The molecule has 2 aliphatic rings. The van der Waals surface area contributed by atoms with E-state index >= 15 is 0 Å². The smallest absolute Gasteiger partial charge is 0.229 e. The fourth-order valence-corrected chi connectivity index (χ4v) is 4.54. The summed E-state index contributed by atoms with van der Waals surface area (Å²) in [6.07, 6.45) is 1.52. The van der Waals surface area contributed by atoms with Crippen LogP contribution in [0.4, 0.5) is 0 Å². The van der Waals surface area contributed by atoms with Crippen LogP contribution < -0.4 is 19.9 Å². The van der Waals surface area contributed by atoms with Gasteiger partial charge in [0, 0.05) is 44.9 Å². The SMILES string of the molecule is COc1cc(CN(CCN)C(C)c2ccc3c(c2)CCO3)ccc1OCCN1C(=O)CCC1=O. The number of nitrogens with zero attached hydrogens (tertiary/aromatic N) is 2. The number of nitrogens with two attached hydrogens (primary N) is 1. The van der Waals surface area contributed by atoms with Gasteiger partial charge in [-0.05, 0) is 41.8 Å². The number of ether oxygens (including phenoxy) is 3. The van der Waals surface area contributed by atoms with Gasteiger partial charge in [-0.1, -0.05) is 18.2 Å². The zero-order valence-electron chi connectivity index (χ0n) is 19.9. The van der Waals surface area contributed by atoms with Crippen LogP contribution in [0.25, 0.3) is 0 Å². The Bertz CT molecular complexity index is 1030. The first kappa shape index (κ1) is 24.0. The van der Waals surface area contributed by atoms with Crippen molar-refractivity contribution in [1.29, 1.82) is 0 Å². The Morgan fingerprint density at radius 3 is 2.62 bits per heavy atom. The van der Waals surface area contributed by atoms with Crippen LogP contribution in [0, 0.1) is 0 Å². The molecule has 0 aliphatic carbocycles. The van der Waals surface area contributed by atoms with Crippen molar-refractivity contribution >= 4 is 11.8 Å². The number of hydrogen-bond acceptors (Lipinski definition) is 7. The van der Waals surface area contributed by atoms with Crippen LogP contribution in [0.1, 0.15) is 42.5 Å². The Labute approximate surface area is 200 Å². The molecule has 1 saturated heterocycles. The molecule has 2 aromatic rings. The van der Waals surface area contributed by atoms with Gasteiger partial charge in [-0.25, -0.2) is 0 Å². The number of carbonyl (C=O) groups excluding carboxylic acids is 2. The minimum absolute atomic E-state index is 0.138. The highest BCUT2D eigenvalue weighted by molar-refractivity contribution is 6.01. The van der Waals surface area contributed by atoms with Crippen LogP contribution in [0.5, 0.6) is 17.2 Å². The molecule has 1 fully saturated rings. The molecule has 4 rings (SSSR count). The highest BCUT2D eigenvalue weighted by Crippen LogP contribution is 2.32. The third-order valence-corrected chi connectivity index (χ3v) is 6.50. The van der Waals surface area contributed by atoms with E-state index in [0.29, 0.717) is 24.6 Å². The topological polar surface area (TPSA) is 94.3 Å². The van der Waals surface area contributed by atoms with Crippen molar-refractivity contribution in [3.8, 4) is 17.2 Å². The second-order valence-electron chi connectivity index (χ2n) is 8.67. The monoisotopic (exact) mass is 467 g/mol. The molecule has 2 heterocycles. The highest BCUT2D eigenvalue weighted by atomic mass is 16.5. The number of likely N-dealkylation sites (tertiary alicyclic amines) is 1. The lowest BCUT2D eigenvalue weighted by molar-refractivity contribution is -0.138. The molecule has 0 saturated carbocycles. The van der Waals surface area contributed by atoms with Gasteiger partial charge in [0.1, 0.15) is 12.4 Å². The number of carbonyl (C=O) groups is 2. The summed E-state index contributed by atoms with van der Waals surface area (Å²) < 4.78 is 17.0. The standard InChI is InChI=1S/C26H33N3O5/c1-18(20-4-6-22-21(16-20)9-13-33-22)28(11-10-27)17-19-3-5-23(24(15-19)32-2)34-14-12-29-25(30)7-8-26(29)31/h3-6,15-16,18H,7-14,17,27H2,1-2H3. The van der Waals surface area contributed by atoms with Crippen molar-refractivity contribution in [3.05, 3.63) is 53.1 Å². The van der Waals surface area contributed by atoms with Gasteiger partial charge < -0.3 is 19.9 Å². The van der Waals surface area contributed by atoms with E-state index in [9.17, 15) is 9.59 Å². The van der Waals surface area contributed by atoms with Crippen molar-refractivity contribution < 1.29 is 23.8 Å². The molecule has 8 nitrogen and oxygen atoms in total. The van der Waals surface area contributed by atoms with Gasteiger partial charge in [-0.3, -0.25) is 19.4 Å². The lowest BCUT2D eigenvalue weighted by Crippen LogP contribution is -2.33. The Morgan fingerprint density at radius 2 is 1.88 bits per heavy atom. The minimum atomic E-state index is -0.138. The molecule has 1 atom stereocenters. The first-order chi connectivity index (χ1) is 16.5. The van der Waals surface area contributed by atoms with Gasteiger partial charge in [0.05, 0.1) is 20.3 Å². The third-order valence-electron chi connectivity index (χ3n) is 6.50. The van der Waals surface area contributed by atoms with Crippen LogP contribution in [0.2, 0.25) is 0 Å². The fourth-order valence-electron chi connectivity index (χ4n) is 4.54. The molecule has 1 unspecified atom stereocenters. The van der Waals surface area contributed by atoms with E-state index in [0.717, 1.165) is 30.9 Å². The number of rotatable bonds is 11. The maximum Gasteiger partial charge on any atom is 0.229 e. The van der Waals surface area contributed by atoms with E-state index in [1.165, 1.54) is 16.0 Å². The van der Waals surface area contributed by atoms with Crippen LogP contribution in [0.3, 0.4) is 0 Å². The number of imide groups is 1. The average molecular weight is 468 g/mol. The van der Waals surface area contributed by atoms with Crippen molar-refractivity contribution in [2.75, 3.05) is 40.0 Å². The summed E-state index contributed by atoms with van der Waals surface area (Å²) in [6.45, 7) is 5.44. The normalized spacial score (nSPS) is 16.1. The molecule has 2 N–H and O–H groups in total. The molecular weight excluding hydrogens is 434 g/mol. The van der Waals surface area contributed by atoms with Crippen LogP contribution >= 0.6 is 0 Å². The van der Waals surface area contributed by atoms with Crippen LogP contribution in [-0.4, -0.2) is 61.6 Å². The average Bonchev–Trinajstić information content (AvgIpc) is 3.45. The van der Waals surface area contributed by atoms with E-state index in [-0.39, 0.29) is 43.8 Å². The Kier molecular flexibility index (Phi) is 7.70. The van der Waals surface area contributed by atoms with Crippen LogP contribution in [-0.2, 0) is 22.6 Å². The predicted octanol–water partition coefficient (Wildman–Crippen LogP) is 2.68. The number of benzene rings is 2. The Morgan fingerprint density at radius 1 is 1.09 bits per heavy atom. The van der Waals surface area contributed by atoms with Gasteiger partial charge in [0.2, 0.25) is 11.8 Å². The van der Waals surface area contributed by atoms with Gasteiger partial charge in [0.25, 0.3) is 0 Å². The molecular formula is C26H33N3O5. The first-order valence-electron chi connectivity index (χ1n) is 11.8. The maximum absolute atomic E-state index is 11.8. The third kappa shape index (κ3) is 5.34. The molecule has 182 valence electrons. The molecule has 2 amide bonds. The largest absolute Gasteiger partial charge is 0.493 e. The summed E-state index contributed by atoms with van der Waals surface area (Å²) >= 11 is 0. The van der Waals surface area contributed by atoms with E-state index < -0.39 is 0 Å². The second kappa shape index (κ2) is 10.9. The van der Waals surface area contributed by atoms with Crippen molar-refractivity contribution in [2.45, 2.75) is 38.8 Å². The molecule has 34 heavy (non-hydrogen) atoms. The van der Waals surface area contributed by atoms with Crippen molar-refractivity contribution in [3.63, 3.8) is 0 Å². The Balaban J connectivity index is 1.41. The number of hydrogen-bond donors (Lipinski definition) is 1. The first-order valence-corrected chi connectivity index (χ1v) is 11.8. The summed E-state index contributed by atoms with van der Waals surface area (Å²) in [7, 11) is 1.60. The van der Waals surface area contributed by atoms with E-state index in [4.69, 9.17) is 19.9 Å². The molecule has 0 radical (unpaired) electrons. The number of amides is 2. The highest BCUT2D eigenvalue weighted by Gasteiger charge is 2.28. The summed E-state index contributed by atoms with van der Waals surface area (Å²) in [5.41, 5.74) is 9.53. The number of fused-ring (bicyclic) bond motifs is 1. The summed E-state index contributed by atoms with van der Waals surface area (Å²) in [5, 5.41) is 0. The van der Waals surface area contributed by atoms with E-state index in [1.807, 2.05) is 18.2 Å². The molecule has 2 aliphatic heterocycles. The van der Waals surface area contributed by atoms with Gasteiger partial charge >= 0.3 is 0 Å². The maximum atomic E-state index is 11.8. The Hall–Kier alpha value is -3.10. The van der Waals surface area contributed by atoms with Gasteiger partial charge in [-0.2, -0.15) is 0 Å². The van der Waals surface area contributed by atoms with Crippen LogP contribution in [0.15, 0.2) is 36.4 Å². The lowest BCUT2D eigenvalue weighted by Gasteiger charge is -2.29. The molecule has 8 heteroatoms. The molecule has 2 aromatic carbocycles. The second-order valence-corrected chi connectivity index (χ2v) is 8.67. The summed E-state index contributed by atoms with van der Waals surface area (Å²) in [5.74, 6) is 1.91. The van der Waals surface area contributed by atoms with Crippen molar-refractivity contribution in [1.82, 2.24) is 9.80 Å². The van der Waals surface area contributed by atoms with Crippen molar-refractivity contribution in [2.24, 2.45) is 5.73 Å². The van der Waals surface area contributed by atoms with E-state index in [2.05, 4.69) is 30.0 Å². The van der Waals surface area contributed by atoms with E-state index in [1.54, 1.807) is 7.11 Å².